The molecule has 0 atom stereocenters. The first-order chi connectivity index (χ1) is 10.0. The van der Waals surface area contributed by atoms with Gasteiger partial charge in [0.15, 0.2) is 5.69 Å². The van der Waals surface area contributed by atoms with Crippen LogP contribution in [-0.2, 0) is 4.79 Å². The Balaban J connectivity index is 2.28. The standard InChI is InChI=1S/C14H15FN4O2/c1-8-12(9-4-2-3-5-10(9)15)13(19-18-8)14(21)17-7-6-11(16)20/h2-5H,6-7H2,1H3,(H2,16,20)(H,17,21)(H,18,19). The molecule has 0 aliphatic rings. The molecule has 7 heteroatoms. The molecule has 2 aromatic rings. The lowest BCUT2D eigenvalue weighted by Crippen LogP contribution is -2.28. The number of nitrogens with two attached hydrogens (primary N) is 1. The highest BCUT2D eigenvalue weighted by Gasteiger charge is 2.20. The number of carbonyl (C=O) groups is 2. The molecule has 0 spiro atoms. The molecular formula is C14H15FN4O2. The third-order valence-corrected chi connectivity index (χ3v) is 2.96. The molecule has 0 fully saturated rings. The van der Waals surface area contributed by atoms with Crippen molar-refractivity contribution in [1.29, 1.82) is 0 Å². The molecule has 1 heterocycles. The van der Waals surface area contributed by atoms with Gasteiger partial charge in [-0.1, -0.05) is 18.2 Å². The van der Waals surface area contributed by atoms with Crippen molar-refractivity contribution in [3.63, 3.8) is 0 Å². The molecule has 0 bridgehead atoms. The number of H-pyrrole nitrogens is 1. The summed E-state index contributed by atoms with van der Waals surface area (Å²) in [7, 11) is 0. The first-order valence-corrected chi connectivity index (χ1v) is 6.37. The summed E-state index contributed by atoms with van der Waals surface area (Å²) in [5.74, 6) is -1.44. The topological polar surface area (TPSA) is 101 Å². The summed E-state index contributed by atoms with van der Waals surface area (Å²) in [4.78, 5) is 22.7. The number of halogens is 1. The molecule has 0 aliphatic heterocycles. The summed E-state index contributed by atoms with van der Waals surface area (Å²) in [6.45, 7) is 1.81. The molecule has 21 heavy (non-hydrogen) atoms. The summed E-state index contributed by atoms with van der Waals surface area (Å²) in [6, 6.07) is 6.14. The number of benzene rings is 1. The normalized spacial score (nSPS) is 10.4. The maximum atomic E-state index is 13.9. The fourth-order valence-corrected chi connectivity index (χ4v) is 1.97. The molecule has 110 valence electrons. The van der Waals surface area contributed by atoms with Crippen LogP contribution in [0.1, 0.15) is 22.6 Å². The highest BCUT2D eigenvalue weighted by Crippen LogP contribution is 2.27. The van der Waals surface area contributed by atoms with Crippen LogP contribution in [0, 0.1) is 12.7 Å². The minimum atomic E-state index is -0.511. The van der Waals surface area contributed by atoms with E-state index in [9.17, 15) is 14.0 Å². The molecule has 1 aromatic heterocycles. The number of nitrogens with zero attached hydrogens (tertiary/aromatic N) is 1. The lowest BCUT2D eigenvalue weighted by molar-refractivity contribution is -0.117. The van der Waals surface area contributed by atoms with Crippen LogP contribution < -0.4 is 11.1 Å². The Kier molecular flexibility index (Phi) is 4.32. The third kappa shape index (κ3) is 3.25. The van der Waals surface area contributed by atoms with Crippen LogP contribution in [0.2, 0.25) is 0 Å². The zero-order chi connectivity index (χ0) is 15.4. The van der Waals surface area contributed by atoms with Gasteiger partial charge in [-0.25, -0.2) is 4.39 Å². The Morgan fingerprint density at radius 2 is 2.10 bits per heavy atom. The van der Waals surface area contributed by atoms with Gasteiger partial charge in [-0.3, -0.25) is 14.7 Å². The van der Waals surface area contributed by atoms with Crippen LogP contribution in [0.15, 0.2) is 24.3 Å². The fourth-order valence-electron chi connectivity index (χ4n) is 1.97. The van der Waals surface area contributed by atoms with Crippen molar-refractivity contribution in [2.45, 2.75) is 13.3 Å². The first-order valence-electron chi connectivity index (χ1n) is 6.37. The van der Waals surface area contributed by atoms with E-state index in [0.29, 0.717) is 16.8 Å². The number of hydrogen-bond acceptors (Lipinski definition) is 3. The second kappa shape index (κ2) is 6.17. The van der Waals surface area contributed by atoms with Gasteiger partial charge in [0.05, 0.1) is 0 Å². The van der Waals surface area contributed by atoms with E-state index in [1.807, 2.05) is 0 Å². The highest BCUT2D eigenvalue weighted by molar-refractivity contribution is 5.99. The number of nitrogens with one attached hydrogen (secondary N) is 2. The minimum Gasteiger partial charge on any atom is -0.370 e. The van der Waals surface area contributed by atoms with Crippen LogP contribution in [0.3, 0.4) is 0 Å². The number of aromatic nitrogens is 2. The smallest absolute Gasteiger partial charge is 0.272 e. The molecule has 0 aliphatic carbocycles. The van der Waals surface area contributed by atoms with Crippen molar-refractivity contribution in [1.82, 2.24) is 15.5 Å². The lowest BCUT2D eigenvalue weighted by Gasteiger charge is -2.06. The molecule has 0 saturated carbocycles. The molecule has 6 nitrogen and oxygen atoms in total. The molecular weight excluding hydrogens is 275 g/mol. The lowest BCUT2D eigenvalue weighted by atomic mass is 10.0. The average molecular weight is 290 g/mol. The number of aryl methyl sites for hydroxylation is 1. The minimum absolute atomic E-state index is 0.0319. The van der Waals surface area contributed by atoms with E-state index in [0.717, 1.165) is 0 Å². The number of hydrogen-bond donors (Lipinski definition) is 3. The maximum Gasteiger partial charge on any atom is 0.272 e. The number of carbonyl (C=O) groups excluding carboxylic acids is 2. The Bertz CT molecular complexity index is 681. The van der Waals surface area contributed by atoms with E-state index in [-0.39, 0.29) is 18.7 Å². The van der Waals surface area contributed by atoms with Gasteiger partial charge in [-0.05, 0) is 13.0 Å². The van der Waals surface area contributed by atoms with Gasteiger partial charge in [0.25, 0.3) is 5.91 Å². The predicted molar refractivity (Wildman–Crippen MR) is 74.9 cm³/mol. The van der Waals surface area contributed by atoms with Crippen molar-refractivity contribution in [2.75, 3.05) is 6.54 Å². The largest absolute Gasteiger partial charge is 0.370 e. The first kappa shape index (κ1) is 14.7. The Labute approximate surface area is 120 Å². The summed E-state index contributed by atoms with van der Waals surface area (Å²) < 4.78 is 13.9. The molecule has 1 aromatic carbocycles. The molecule has 2 amide bonds. The van der Waals surface area contributed by atoms with Crippen LogP contribution in [-0.4, -0.2) is 28.6 Å². The molecule has 0 unspecified atom stereocenters. The van der Waals surface area contributed by atoms with Crippen LogP contribution >= 0.6 is 0 Å². The van der Waals surface area contributed by atoms with Crippen molar-refractivity contribution in [3.8, 4) is 11.1 Å². The SMILES string of the molecule is Cc1[nH]nc(C(=O)NCCC(N)=O)c1-c1ccccc1F. The summed E-state index contributed by atoms with van der Waals surface area (Å²) in [5.41, 5.74) is 6.37. The van der Waals surface area contributed by atoms with E-state index in [4.69, 9.17) is 5.73 Å². The van der Waals surface area contributed by atoms with Gasteiger partial charge in [0.2, 0.25) is 5.91 Å². The second-order valence-corrected chi connectivity index (χ2v) is 4.52. The van der Waals surface area contributed by atoms with E-state index in [2.05, 4.69) is 15.5 Å². The van der Waals surface area contributed by atoms with Crippen molar-refractivity contribution in [2.24, 2.45) is 5.73 Å². The van der Waals surface area contributed by atoms with E-state index in [1.54, 1.807) is 25.1 Å². The maximum absolute atomic E-state index is 13.9. The zero-order valence-corrected chi connectivity index (χ0v) is 11.4. The number of primary amides is 1. The Morgan fingerprint density at radius 3 is 2.76 bits per heavy atom. The predicted octanol–water partition coefficient (Wildman–Crippen LogP) is 1.13. The summed E-state index contributed by atoms with van der Waals surface area (Å²) in [5, 5.41) is 9.11. The zero-order valence-electron chi connectivity index (χ0n) is 11.4. The summed E-state index contributed by atoms with van der Waals surface area (Å²) >= 11 is 0. The van der Waals surface area contributed by atoms with Gasteiger partial charge in [0, 0.05) is 29.8 Å². The second-order valence-electron chi connectivity index (χ2n) is 4.52. The Morgan fingerprint density at radius 1 is 1.38 bits per heavy atom. The molecule has 0 radical (unpaired) electrons. The summed E-state index contributed by atoms with van der Waals surface area (Å²) in [6.07, 6.45) is 0.0319. The van der Waals surface area contributed by atoms with Gasteiger partial charge >= 0.3 is 0 Å². The van der Waals surface area contributed by atoms with Gasteiger partial charge in [-0.2, -0.15) is 5.10 Å². The van der Waals surface area contributed by atoms with Gasteiger partial charge < -0.3 is 11.1 Å². The monoisotopic (exact) mass is 290 g/mol. The van der Waals surface area contributed by atoms with Crippen molar-refractivity contribution in [3.05, 3.63) is 41.5 Å². The molecule has 2 rings (SSSR count). The van der Waals surface area contributed by atoms with Crippen LogP contribution in [0.4, 0.5) is 4.39 Å². The molecule has 4 N–H and O–H groups in total. The Hall–Kier alpha value is -2.70. The quantitative estimate of drug-likeness (QED) is 0.769. The average Bonchev–Trinajstić information content (AvgIpc) is 2.81. The van der Waals surface area contributed by atoms with Crippen molar-refractivity contribution < 1.29 is 14.0 Å². The highest BCUT2D eigenvalue weighted by atomic mass is 19.1. The number of aromatic amines is 1. The van der Waals surface area contributed by atoms with E-state index < -0.39 is 17.6 Å². The number of amides is 2. The van der Waals surface area contributed by atoms with Crippen LogP contribution in [0.25, 0.3) is 11.1 Å². The van der Waals surface area contributed by atoms with Crippen molar-refractivity contribution >= 4 is 11.8 Å². The third-order valence-electron chi connectivity index (χ3n) is 2.96. The van der Waals surface area contributed by atoms with Gasteiger partial charge in [-0.15, -0.1) is 0 Å². The van der Waals surface area contributed by atoms with E-state index in [1.165, 1.54) is 6.07 Å². The van der Waals surface area contributed by atoms with Crippen LogP contribution in [0.5, 0.6) is 0 Å². The number of rotatable bonds is 5. The molecule has 0 saturated heterocycles. The fraction of sp³-hybridized carbons (Fsp3) is 0.214. The van der Waals surface area contributed by atoms with Gasteiger partial charge in [0.1, 0.15) is 5.82 Å². The van der Waals surface area contributed by atoms with E-state index >= 15 is 0 Å².